The minimum Gasteiger partial charge on any atom is -0.310 e. The van der Waals surface area contributed by atoms with E-state index >= 15 is 0 Å². The van der Waals surface area contributed by atoms with Gasteiger partial charge in [-0.05, 0) is 5.92 Å². The van der Waals surface area contributed by atoms with E-state index in [1.165, 1.54) is 5.75 Å². The molecule has 1 unspecified atom stereocenters. The maximum atomic E-state index is 11.5. The summed E-state index contributed by atoms with van der Waals surface area (Å²) in [5.41, 5.74) is 0.875. The number of nitrogens with zero attached hydrogens (tertiary/aromatic N) is 1. The Hall–Kier alpha value is -0.420. The van der Waals surface area contributed by atoms with Gasteiger partial charge < -0.3 is 4.98 Å². The van der Waals surface area contributed by atoms with Gasteiger partial charge in [-0.2, -0.15) is 11.8 Å². The van der Waals surface area contributed by atoms with Crippen LogP contribution in [-0.2, 0) is 0 Å². The van der Waals surface area contributed by atoms with Crippen molar-refractivity contribution in [3.8, 4) is 0 Å². The highest BCUT2D eigenvalue weighted by atomic mass is 32.2. The average molecular weight is 256 g/mol. The normalized spacial score (nSPS) is 21.3. The molecule has 0 bridgehead atoms. The predicted octanol–water partition coefficient (Wildman–Crippen LogP) is 2.41. The van der Waals surface area contributed by atoms with E-state index in [1.807, 2.05) is 23.5 Å². The summed E-state index contributed by atoms with van der Waals surface area (Å²) in [7, 11) is 0. The van der Waals surface area contributed by atoms with Crippen molar-refractivity contribution in [1.82, 2.24) is 9.97 Å². The molecule has 16 heavy (non-hydrogen) atoms. The van der Waals surface area contributed by atoms with Crippen LogP contribution >= 0.6 is 23.5 Å². The van der Waals surface area contributed by atoms with Crippen molar-refractivity contribution < 1.29 is 0 Å². The number of hydrogen-bond donors (Lipinski definition) is 1. The van der Waals surface area contributed by atoms with Crippen molar-refractivity contribution in [2.24, 2.45) is 0 Å². The molecule has 1 N–H and O–H groups in total. The summed E-state index contributed by atoms with van der Waals surface area (Å²) >= 11 is 3.83. The van der Waals surface area contributed by atoms with Gasteiger partial charge >= 0.3 is 0 Å². The molecule has 5 heteroatoms. The van der Waals surface area contributed by atoms with Gasteiger partial charge in [-0.1, -0.05) is 13.8 Å². The van der Waals surface area contributed by atoms with Crippen molar-refractivity contribution in [3.05, 3.63) is 27.9 Å². The first kappa shape index (κ1) is 12.0. The molecule has 1 saturated heterocycles. The second-order valence-electron chi connectivity index (χ2n) is 4.14. The first-order valence-corrected chi connectivity index (χ1v) is 7.67. The topological polar surface area (TPSA) is 45.8 Å². The van der Waals surface area contributed by atoms with E-state index < -0.39 is 0 Å². The Morgan fingerprint density at radius 1 is 1.50 bits per heavy atom. The van der Waals surface area contributed by atoms with Crippen LogP contribution in [-0.4, -0.2) is 27.2 Å². The van der Waals surface area contributed by atoms with Gasteiger partial charge in [-0.15, -0.1) is 11.8 Å². The summed E-state index contributed by atoms with van der Waals surface area (Å²) in [5.74, 6) is 4.56. The summed E-state index contributed by atoms with van der Waals surface area (Å²) in [6, 6.07) is 1.61. The molecule has 0 aromatic carbocycles. The van der Waals surface area contributed by atoms with Crippen LogP contribution in [0.2, 0.25) is 0 Å². The van der Waals surface area contributed by atoms with Gasteiger partial charge in [0.05, 0.1) is 10.9 Å². The van der Waals surface area contributed by atoms with Gasteiger partial charge in [0, 0.05) is 23.3 Å². The molecule has 1 aliphatic heterocycles. The fourth-order valence-electron chi connectivity index (χ4n) is 1.59. The Kier molecular flexibility index (Phi) is 3.97. The van der Waals surface area contributed by atoms with Crippen LogP contribution in [0.1, 0.15) is 36.5 Å². The molecule has 0 saturated carbocycles. The second-order valence-corrected chi connectivity index (χ2v) is 6.60. The van der Waals surface area contributed by atoms with Crippen LogP contribution in [0.25, 0.3) is 0 Å². The molecule has 2 heterocycles. The third-order valence-electron chi connectivity index (χ3n) is 2.49. The first-order chi connectivity index (χ1) is 7.66. The third-order valence-corrected chi connectivity index (χ3v) is 5.26. The predicted molar refractivity (Wildman–Crippen MR) is 71.5 cm³/mol. The van der Waals surface area contributed by atoms with Gasteiger partial charge in [-0.25, -0.2) is 4.98 Å². The van der Waals surface area contributed by atoms with Crippen molar-refractivity contribution in [2.45, 2.75) is 25.0 Å². The zero-order valence-corrected chi connectivity index (χ0v) is 11.2. The largest absolute Gasteiger partial charge is 0.310 e. The minimum absolute atomic E-state index is 0.0233. The maximum Gasteiger partial charge on any atom is 0.251 e. The quantitative estimate of drug-likeness (QED) is 0.882. The summed E-state index contributed by atoms with van der Waals surface area (Å²) in [6.07, 6.45) is 0. The van der Waals surface area contributed by atoms with Gasteiger partial charge in [-0.3, -0.25) is 4.79 Å². The lowest BCUT2D eigenvalue weighted by Crippen LogP contribution is -2.18. The second kappa shape index (κ2) is 5.27. The molecular formula is C11H16N2OS2. The van der Waals surface area contributed by atoms with E-state index in [2.05, 4.69) is 23.8 Å². The Labute approximate surface area is 104 Å². The average Bonchev–Trinajstić information content (AvgIpc) is 2.29. The smallest absolute Gasteiger partial charge is 0.251 e. The van der Waals surface area contributed by atoms with Gasteiger partial charge in [0.25, 0.3) is 5.56 Å². The van der Waals surface area contributed by atoms with Gasteiger partial charge in [0.1, 0.15) is 5.82 Å². The summed E-state index contributed by atoms with van der Waals surface area (Å²) in [5, 5.41) is 0.352. The van der Waals surface area contributed by atoms with Crippen LogP contribution < -0.4 is 5.56 Å². The molecule has 1 atom stereocenters. The molecule has 0 radical (unpaired) electrons. The molecular weight excluding hydrogens is 240 g/mol. The number of H-pyrrole nitrogens is 1. The van der Waals surface area contributed by atoms with Gasteiger partial charge in [0.15, 0.2) is 0 Å². The minimum atomic E-state index is -0.0233. The lowest BCUT2D eigenvalue weighted by atomic mass is 10.1. The van der Waals surface area contributed by atoms with Crippen LogP contribution in [0.15, 0.2) is 10.9 Å². The van der Waals surface area contributed by atoms with Crippen LogP contribution in [0.4, 0.5) is 0 Å². The van der Waals surface area contributed by atoms with Crippen molar-refractivity contribution >= 4 is 23.5 Å². The molecule has 88 valence electrons. The Balaban J connectivity index is 2.29. The Morgan fingerprint density at radius 3 is 2.94 bits per heavy atom. The SMILES string of the molecule is CC(C)c1cc(=O)[nH]c(C2CSCCS2)n1. The van der Waals surface area contributed by atoms with Crippen molar-refractivity contribution in [2.75, 3.05) is 17.3 Å². The number of aromatic nitrogens is 2. The lowest BCUT2D eigenvalue weighted by Gasteiger charge is -2.20. The molecule has 1 aliphatic rings. The van der Waals surface area contributed by atoms with Crippen LogP contribution in [0, 0.1) is 0 Å². The van der Waals surface area contributed by atoms with E-state index in [4.69, 9.17) is 0 Å². The highest BCUT2D eigenvalue weighted by Gasteiger charge is 2.19. The number of rotatable bonds is 2. The van der Waals surface area contributed by atoms with Crippen LogP contribution in [0.5, 0.6) is 0 Å². The summed E-state index contributed by atoms with van der Waals surface area (Å²) in [4.78, 5) is 19.0. The first-order valence-electron chi connectivity index (χ1n) is 5.47. The zero-order valence-electron chi connectivity index (χ0n) is 9.53. The molecule has 0 amide bonds. The molecule has 1 aromatic rings. The fraction of sp³-hybridized carbons (Fsp3) is 0.636. The molecule has 1 aromatic heterocycles. The van der Waals surface area contributed by atoms with E-state index in [0.29, 0.717) is 11.2 Å². The van der Waals surface area contributed by atoms with E-state index in [-0.39, 0.29) is 5.56 Å². The zero-order chi connectivity index (χ0) is 11.5. The number of thioether (sulfide) groups is 2. The fourth-order valence-corrected chi connectivity index (χ4v) is 4.21. The van der Waals surface area contributed by atoms with Crippen molar-refractivity contribution in [1.29, 1.82) is 0 Å². The molecule has 2 rings (SSSR count). The van der Waals surface area contributed by atoms with Gasteiger partial charge in [0.2, 0.25) is 0 Å². The van der Waals surface area contributed by atoms with E-state index in [0.717, 1.165) is 23.0 Å². The highest BCUT2D eigenvalue weighted by molar-refractivity contribution is 8.06. The number of hydrogen-bond acceptors (Lipinski definition) is 4. The third kappa shape index (κ3) is 2.83. The molecule has 0 aliphatic carbocycles. The Bertz CT molecular complexity index is 411. The highest BCUT2D eigenvalue weighted by Crippen LogP contribution is 2.34. The maximum absolute atomic E-state index is 11.5. The molecule has 0 spiro atoms. The standard InChI is InChI=1S/C11H16N2OS2/c1-7(2)8-5-10(14)13-11(12-8)9-6-15-3-4-16-9/h5,7,9H,3-4,6H2,1-2H3,(H,12,13,14). The van der Waals surface area contributed by atoms with E-state index in [9.17, 15) is 4.79 Å². The number of aromatic amines is 1. The number of nitrogens with one attached hydrogen (secondary N) is 1. The summed E-state index contributed by atoms with van der Waals surface area (Å²) < 4.78 is 0. The lowest BCUT2D eigenvalue weighted by molar-refractivity contribution is 0.776. The monoisotopic (exact) mass is 256 g/mol. The van der Waals surface area contributed by atoms with E-state index in [1.54, 1.807) is 6.07 Å². The molecule has 1 fully saturated rings. The van der Waals surface area contributed by atoms with Crippen molar-refractivity contribution in [3.63, 3.8) is 0 Å². The summed E-state index contributed by atoms with van der Waals surface area (Å²) in [6.45, 7) is 4.13. The molecule has 3 nitrogen and oxygen atoms in total. The van der Waals surface area contributed by atoms with Crippen LogP contribution in [0.3, 0.4) is 0 Å². The Morgan fingerprint density at radius 2 is 2.31 bits per heavy atom.